The van der Waals surface area contributed by atoms with E-state index >= 15 is 0 Å². The highest BCUT2D eigenvalue weighted by Gasteiger charge is 2.44. The molecule has 0 aliphatic carbocycles. The number of carbonyl (C=O) groups is 2. The summed E-state index contributed by atoms with van der Waals surface area (Å²) in [5, 5.41) is 16.7. The van der Waals surface area contributed by atoms with Crippen LogP contribution in [0.1, 0.15) is 71.0 Å². The molecule has 2 unspecified atom stereocenters. The van der Waals surface area contributed by atoms with Crippen molar-refractivity contribution >= 4 is 12.0 Å². The van der Waals surface area contributed by atoms with Crippen LogP contribution in [0.15, 0.2) is 18.2 Å². The molecule has 0 bridgehead atoms. The largest absolute Gasteiger partial charge is 0.485 e. The van der Waals surface area contributed by atoms with Crippen molar-refractivity contribution in [3.63, 3.8) is 0 Å². The van der Waals surface area contributed by atoms with E-state index in [2.05, 4.69) is 15.5 Å². The fourth-order valence-corrected chi connectivity index (χ4v) is 4.33. The van der Waals surface area contributed by atoms with Gasteiger partial charge in [-0.1, -0.05) is 12.5 Å². The first-order valence-electron chi connectivity index (χ1n) is 11.9. The van der Waals surface area contributed by atoms with Crippen LogP contribution in [0.4, 0.5) is 4.79 Å². The van der Waals surface area contributed by atoms with Gasteiger partial charge in [0.1, 0.15) is 23.1 Å². The van der Waals surface area contributed by atoms with Crippen LogP contribution >= 0.6 is 0 Å². The number of likely N-dealkylation sites (tertiary alicyclic amines) is 1. The summed E-state index contributed by atoms with van der Waals surface area (Å²) in [6.07, 6.45) is 2.35. The third kappa shape index (κ3) is 7.08. The maximum absolute atomic E-state index is 12.5. The Morgan fingerprint density at radius 3 is 2.58 bits per heavy atom. The van der Waals surface area contributed by atoms with E-state index in [-0.39, 0.29) is 12.3 Å². The van der Waals surface area contributed by atoms with E-state index in [0.717, 1.165) is 25.2 Å². The van der Waals surface area contributed by atoms with Crippen LogP contribution in [-0.4, -0.2) is 65.5 Å². The highest BCUT2D eigenvalue weighted by Crippen LogP contribution is 2.40. The SMILES string of the molecule is CC(C)(C)OC(=O)NC1c2cc(CC(=O)NCCN3CCCCC3)ccc2OC(C)(C)C1O. The van der Waals surface area contributed by atoms with Gasteiger partial charge in [0, 0.05) is 18.7 Å². The number of nitrogens with one attached hydrogen (secondary N) is 2. The molecule has 2 atom stereocenters. The van der Waals surface area contributed by atoms with Crippen molar-refractivity contribution in [2.24, 2.45) is 0 Å². The van der Waals surface area contributed by atoms with Gasteiger partial charge in [0.25, 0.3) is 0 Å². The van der Waals surface area contributed by atoms with Gasteiger partial charge in [-0.25, -0.2) is 4.79 Å². The third-order valence-electron chi connectivity index (χ3n) is 6.05. The summed E-state index contributed by atoms with van der Waals surface area (Å²) in [6, 6.07) is 4.74. The Labute approximate surface area is 197 Å². The number of hydrogen-bond donors (Lipinski definition) is 3. The molecule has 2 aliphatic heterocycles. The minimum Gasteiger partial charge on any atom is -0.485 e. The Morgan fingerprint density at radius 1 is 1.21 bits per heavy atom. The lowest BCUT2D eigenvalue weighted by atomic mass is 9.85. The van der Waals surface area contributed by atoms with Crippen molar-refractivity contribution in [1.82, 2.24) is 15.5 Å². The molecular formula is C25H39N3O5. The summed E-state index contributed by atoms with van der Waals surface area (Å²) >= 11 is 0. The molecule has 0 radical (unpaired) electrons. The highest BCUT2D eigenvalue weighted by atomic mass is 16.6. The van der Waals surface area contributed by atoms with Gasteiger partial charge in [-0.2, -0.15) is 0 Å². The molecule has 3 rings (SSSR count). The van der Waals surface area contributed by atoms with E-state index in [9.17, 15) is 14.7 Å². The van der Waals surface area contributed by atoms with Crippen LogP contribution in [0.2, 0.25) is 0 Å². The minimum absolute atomic E-state index is 0.0544. The number of rotatable bonds is 6. The molecule has 0 saturated carbocycles. The number of nitrogens with zero attached hydrogens (tertiary/aromatic N) is 1. The minimum atomic E-state index is -0.994. The first-order valence-corrected chi connectivity index (χ1v) is 11.9. The van der Waals surface area contributed by atoms with E-state index < -0.39 is 29.4 Å². The molecule has 8 heteroatoms. The molecule has 184 valence electrons. The number of alkyl carbamates (subject to hydrolysis) is 1. The van der Waals surface area contributed by atoms with E-state index in [1.807, 2.05) is 12.1 Å². The number of aliphatic hydroxyl groups excluding tert-OH is 1. The van der Waals surface area contributed by atoms with Gasteiger partial charge in [-0.15, -0.1) is 0 Å². The summed E-state index contributed by atoms with van der Waals surface area (Å²) in [4.78, 5) is 27.3. The second-order valence-electron chi connectivity index (χ2n) is 10.6. The first kappa shape index (κ1) is 25.3. The lowest BCUT2D eigenvalue weighted by molar-refractivity contribution is -0.120. The average Bonchev–Trinajstić information content (AvgIpc) is 2.71. The summed E-state index contributed by atoms with van der Waals surface area (Å²) in [5.74, 6) is 0.516. The van der Waals surface area contributed by atoms with Crippen LogP contribution < -0.4 is 15.4 Å². The number of piperidine rings is 1. The number of hydrogen-bond acceptors (Lipinski definition) is 6. The van der Waals surface area contributed by atoms with Crippen molar-refractivity contribution in [1.29, 1.82) is 0 Å². The Kier molecular flexibility index (Phi) is 7.90. The van der Waals surface area contributed by atoms with Gasteiger partial charge in [0.05, 0.1) is 12.5 Å². The van der Waals surface area contributed by atoms with Crippen molar-refractivity contribution < 1.29 is 24.2 Å². The van der Waals surface area contributed by atoms with Crippen LogP contribution in [0.25, 0.3) is 0 Å². The lowest BCUT2D eigenvalue weighted by Gasteiger charge is -2.42. The normalized spacial score (nSPS) is 22.6. The molecule has 1 fully saturated rings. The number of amides is 2. The summed E-state index contributed by atoms with van der Waals surface area (Å²) < 4.78 is 11.4. The van der Waals surface area contributed by atoms with Gasteiger partial charge >= 0.3 is 6.09 Å². The molecule has 1 aromatic carbocycles. The van der Waals surface area contributed by atoms with Gasteiger partial charge < -0.3 is 30.1 Å². The molecule has 2 aliphatic rings. The monoisotopic (exact) mass is 461 g/mol. The number of benzene rings is 1. The van der Waals surface area contributed by atoms with Gasteiger partial charge in [-0.05, 0) is 78.2 Å². The van der Waals surface area contributed by atoms with Crippen LogP contribution in [0.3, 0.4) is 0 Å². The van der Waals surface area contributed by atoms with E-state index in [1.54, 1.807) is 40.7 Å². The van der Waals surface area contributed by atoms with E-state index in [0.29, 0.717) is 17.9 Å². The molecule has 0 spiro atoms. The maximum atomic E-state index is 12.5. The number of aliphatic hydroxyl groups is 1. The average molecular weight is 462 g/mol. The van der Waals surface area contributed by atoms with E-state index in [1.165, 1.54) is 19.3 Å². The standard InChI is InChI=1S/C25H39N3O5/c1-24(2,3)33-23(31)27-21-18-15-17(9-10-19(18)32-25(4,5)22(21)30)16-20(29)26-11-14-28-12-7-6-8-13-28/h9-10,15,21-22,30H,6-8,11-14,16H2,1-5H3,(H,26,29)(H,27,31). The molecule has 3 N–H and O–H groups in total. The molecule has 1 saturated heterocycles. The number of ether oxygens (including phenoxy) is 2. The topological polar surface area (TPSA) is 100 Å². The Bertz CT molecular complexity index is 843. The third-order valence-corrected chi connectivity index (χ3v) is 6.05. The van der Waals surface area contributed by atoms with Gasteiger partial charge in [0.15, 0.2) is 0 Å². The van der Waals surface area contributed by atoms with Crippen LogP contribution in [0.5, 0.6) is 5.75 Å². The fourth-order valence-electron chi connectivity index (χ4n) is 4.33. The zero-order chi connectivity index (χ0) is 24.2. The zero-order valence-electron chi connectivity index (χ0n) is 20.6. The molecule has 8 nitrogen and oxygen atoms in total. The first-order chi connectivity index (χ1) is 15.4. The lowest BCUT2D eigenvalue weighted by Crippen LogP contribution is -2.54. The maximum Gasteiger partial charge on any atom is 0.408 e. The molecule has 2 heterocycles. The Balaban J connectivity index is 1.67. The van der Waals surface area contributed by atoms with Crippen molar-refractivity contribution in [2.45, 2.75) is 83.6 Å². The predicted octanol–water partition coefficient (Wildman–Crippen LogP) is 2.93. The zero-order valence-corrected chi connectivity index (χ0v) is 20.6. The van der Waals surface area contributed by atoms with Crippen molar-refractivity contribution in [3.05, 3.63) is 29.3 Å². The quantitative estimate of drug-likeness (QED) is 0.602. The fraction of sp³-hybridized carbons (Fsp3) is 0.680. The molecule has 2 amide bonds. The molecule has 33 heavy (non-hydrogen) atoms. The van der Waals surface area contributed by atoms with Crippen LogP contribution in [0, 0.1) is 0 Å². The van der Waals surface area contributed by atoms with Crippen LogP contribution in [-0.2, 0) is 16.0 Å². The van der Waals surface area contributed by atoms with Crippen molar-refractivity contribution in [2.75, 3.05) is 26.2 Å². The predicted molar refractivity (Wildman–Crippen MR) is 126 cm³/mol. The summed E-state index contributed by atoms with van der Waals surface area (Å²) in [7, 11) is 0. The van der Waals surface area contributed by atoms with Gasteiger partial charge in [-0.3, -0.25) is 4.79 Å². The number of fused-ring (bicyclic) bond motifs is 1. The molecular weight excluding hydrogens is 422 g/mol. The van der Waals surface area contributed by atoms with Crippen molar-refractivity contribution in [3.8, 4) is 5.75 Å². The van der Waals surface area contributed by atoms with Gasteiger partial charge in [0.2, 0.25) is 5.91 Å². The second-order valence-corrected chi connectivity index (χ2v) is 10.6. The summed E-state index contributed by atoms with van der Waals surface area (Å²) in [6.45, 7) is 12.6. The number of carbonyl (C=O) groups excluding carboxylic acids is 2. The Morgan fingerprint density at radius 2 is 1.91 bits per heavy atom. The van der Waals surface area contributed by atoms with E-state index in [4.69, 9.17) is 9.47 Å². The molecule has 0 aromatic heterocycles. The Hall–Kier alpha value is -2.32. The highest BCUT2D eigenvalue weighted by molar-refractivity contribution is 5.78. The molecule has 1 aromatic rings. The second kappa shape index (κ2) is 10.3. The smallest absolute Gasteiger partial charge is 0.408 e. The summed E-state index contributed by atoms with van der Waals surface area (Å²) in [5.41, 5.74) is -0.144.